The van der Waals surface area contributed by atoms with E-state index in [1.54, 1.807) is 0 Å². The van der Waals surface area contributed by atoms with Crippen molar-refractivity contribution in [3.05, 3.63) is 0 Å². The summed E-state index contributed by atoms with van der Waals surface area (Å²) in [6.45, 7) is 2.71. The van der Waals surface area contributed by atoms with Gasteiger partial charge in [0.05, 0.1) is 6.61 Å². The van der Waals surface area contributed by atoms with Crippen molar-refractivity contribution in [3.8, 4) is 0 Å². The topological polar surface area (TPSA) is 55.4 Å². The molecule has 0 bridgehead atoms. The Balaban J connectivity index is 1.73. The molecule has 0 aromatic carbocycles. The van der Waals surface area contributed by atoms with E-state index >= 15 is 0 Å². The summed E-state index contributed by atoms with van der Waals surface area (Å²) in [5.41, 5.74) is 0. The monoisotopic (exact) mass is 395 g/mol. The Hall–Kier alpha value is -1.06. The number of hydrogen-bond acceptors (Lipinski definition) is 3. The van der Waals surface area contributed by atoms with Gasteiger partial charge in [-0.15, -0.1) is 0 Å². The molecule has 1 aliphatic rings. The Morgan fingerprint density at radius 2 is 1.21 bits per heavy atom. The first-order valence-corrected chi connectivity index (χ1v) is 12.2. The van der Waals surface area contributed by atoms with Crippen molar-refractivity contribution in [3.63, 3.8) is 0 Å². The number of nitrogens with one attached hydrogen (secondary N) is 1. The van der Waals surface area contributed by atoms with Crippen molar-refractivity contribution >= 4 is 11.9 Å². The number of carbonyl (C=O) groups excluding carboxylic acids is 2. The molecule has 4 heteroatoms. The molecule has 0 aliphatic carbocycles. The van der Waals surface area contributed by atoms with E-state index in [0.717, 1.165) is 12.8 Å². The SMILES string of the molecule is CCCCCCCCCCCCCCCCCCCC(=O)N[C@H]1CCOC1=O. The second-order valence-electron chi connectivity index (χ2n) is 8.48. The van der Waals surface area contributed by atoms with Crippen LogP contribution in [0.25, 0.3) is 0 Å². The van der Waals surface area contributed by atoms with Crippen molar-refractivity contribution in [1.29, 1.82) is 0 Å². The fourth-order valence-electron chi connectivity index (χ4n) is 3.90. The summed E-state index contributed by atoms with van der Waals surface area (Å²) >= 11 is 0. The lowest BCUT2D eigenvalue weighted by atomic mass is 10.0. The van der Waals surface area contributed by atoms with E-state index < -0.39 is 6.04 Å². The molecule has 1 atom stereocenters. The smallest absolute Gasteiger partial charge is 0.328 e. The van der Waals surface area contributed by atoms with Gasteiger partial charge in [0.15, 0.2) is 0 Å². The van der Waals surface area contributed by atoms with Crippen LogP contribution in [0.3, 0.4) is 0 Å². The van der Waals surface area contributed by atoms with Gasteiger partial charge in [0.25, 0.3) is 0 Å². The zero-order chi connectivity index (χ0) is 20.3. The Labute approximate surface area is 173 Å². The van der Waals surface area contributed by atoms with Gasteiger partial charge in [0.2, 0.25) is 5.91 Å². The summed E-state index contributed by atoms with van der Waals surface area (Å²) in [6, 6.07) is -0.404. The molecule has 0 aromatic heterocycles. The van der Waals surface area contributed by atoms with Gasteiger partial charge >= 0.3 is 5.97 Å². The number of hydrogen-bond donors (Lipinski definition) is 1. The number of ether oxygens (including phenoxy) is 1. The molecular weight excluding hydrogens is 350 g/mol. The Kier molecular flexibility index (Phi) is 16.1. The fourth-order valence-corrected chi connectivity index (χ4v) is 3.90. The number of unbranched alkanes of at least 4 members (excludes halogenated alkanes) is 16. The summed E-state index contributed by atoms with van der Waals surface area (Å²) in [6.07, 6.45) is 23.9. The predicted molar refractivity (Wildman–Crippen MR) is 116 cm³/mol. The maximum absolute atomic E-state index is 11.8. The molecule has 1 N–H and O–H groups in total. The van der Waals surface area contributed by atoms with E-state index in [9.17, 15) is 9.59 Å². The molecule has 0 unspecified atom stereocenters. The van der Waals surface area contributed by atoms with Gasteiger partial charge < -0.3 is 10.1 Å². The van der Waals surface area contributed by atoms with Crippen LogP contribution in [0.4, 0.5) is 0 Å². The zero-order valence-corrected chi connectivity index (χ0v) is 18.4. The summed E-state index contributed by atoms with van der Waals surface area (Å²) in [5.74, 6) is -0.291. The van der Waals surface area contributed by atoms with E-state index in [2.05, 4.69) is 12.2 Å². The third-order valence-electron chi connectivity index (χ3n) is 5.78. The van der Waals surface area contributed by atoms with E-state index in [1.807, 2.05) is 0 Å². The molecule has 4 nitrogen and oxygen atoms in total. The van der Waals surface area contributed by atoms with Crippen LogP contribution >= 0.6 is 0 Å². The average molecular weight is 396 g/mol. The predicted octanol–water partition coefficient (Wildman–Crippen LogP) is 6.46. The van der Waals surface area contributed by atoms with E-state index in [4.69, 9.17) is 4.74 Å². The van der Waals surface area contributed by atoms with Crippen molar-refractivity contribution in [2.24, 2.45) is 0 Å². The van der Waals surface area contributed by atoms with Gasteiger partial charge in [0, 0.05) is 12.8 Å². The summed E-state index contributed by atoms with van der Waals surface area (Å²) in [4.78, 5) is 23.1. The average Bonchev–Trinajstić information content (AvgIpc) is 3.08. The van der Waals surface area contributed by atoms with Crippen molar-refractivity contribution < 1.29 is 14.3 Å². The standard InChI is InChI=1S/C24H45NO3/c1-2-3-4-5-6-7-8-9-10-11-12-13-14-15-16-17-18-19-23(26)25-22-20-21-28-24(22)27/h22H,2-21H2,1H3,(H,25,26)/t22-/m0/s1. The molecule has 0 saturated carbocycles. The number of cyclic esters (lactones) is 1. The quantitative estimate of drug-likeness (QED) is 0.202. The van der Waals surface area contributed by atoms with Crippen LogP contribution in [-0.4, -0.2) is 24.5 Å². The number of amides is 1. The maximum Gasteiger partial charge on any atom is 0.328 e. The van der Waals surface area contributed by atoms with Crippen molar-refractivity contribution in [2.75, 3.05) is 6.61 Å². The minimum absolute atomic E-state index is 0.00944. The van der Waals surface area contributed by atoms with Crippen LogP contribution in [0.1, 0.15) is 129 Å². The van der Waals surface area contributed by atoms with E-state index in [0.29, 0.717) is 19.4 Å². The normalized spacial score (nSPS) is 16.3. The summed E-state index contributed by atoms with van der Waals surface area (Å²) < 4.78 is 4.85. The molecule has 1 heterocycles. The van der Waals surface area contributed by atoms with Gasteiger partial charge in [-0.2, -0.15) is 0 Å². The molecule has 0 aromatic rings. The number of esters is 1. The lowest BCUT2D eigenvalue weighted by Crippen LogP contribution is -2.37. The molecule has 164 valence electrons. The largest absolute Gasteiger partial charge is 0.464 e. The Bertz CT molecular complexity index is 397. The highest BCUT2D eigenvalue weighted by molar-refractivity contribution is 5.85. The maximum atomic E-state index is 11.8. The minimum Gasteiger partial charge on any atom is -0.464 e. The molecule has 1 amide bonds. The second-order valence-corrected chi connectivity index (χ2v) is 8.48. The van der Waals surface area contributed by atoms with E-state index in [1.165, 1.54) is 96.3 Å². The second kappa shape index (κ2) is 18.0. The molecular formula is C24H45NO3. The van der Waals surface area contributed by atoms with Gasteiger partial charge in [-0.1, -0.05) is 110 Å². The van der Waals surface area contributed by atoms with Crippen molar-refractivity contribution in [1.82, 2.24) is 5.32 Å². The number of carbonyl (C=O) groups is 2. The molecule has 0 radical (unpaired) electrons. The molecule has 1 rings (SSSR count). The van der Waals surface area contributed by atoms with Gasteiger partial charge in [0.1, 0.15) is 6.04 Å². The van der Waals surface area contributed by atoms with Gasteiger partial charge in [-0.05, 0) is 6.42 Å². The first-order chi connectivity index (χ1) is 13.7. The van der Waals surface area contributed by atoms with Crippen LogP contribution in [0.15, 0.2) is 0 Å². The molecule has 0 spiro atoms. The summed E-state index contributed by atoms with van der Waals surface area (Å²) in [7, 11) is 0. The highest BCUT2D eigenvalue weighted by Crippen LogP contribution is 2.14. The van der Waals surface area contributed by atoms with Crippen LogP contribution in [0.2, 0.25) is 0 Å². The van der Waals surface area contributed by atoms with Gasteiger partial charge in [-0.25, -0.2) is 4.79 Å². The lowest BCUT2D eigenvalue weighted by Gasteiger charge is -2.08. The van der Waals surface area contributed by atoms with Gasteiger partial charge in [-0.3, -0.25) is 4.79 Å². The molecule has 1 fully saturated rings. The molecule has 28 heavy (non-hydrogen) atoms. The number of rotatable bonds is 19. The lowest BCUT2D eigenvalue weighted by molar-refractivity contribution is -0.141. The highest BCUT2D eigenvalue weighted by Gasteiger charge is 2.27. The third kappa shape index (κ3) is 14.0. The molecule has 1 saturated heterocycles. The van der Waals surface area contributed by atoms with Crippen LogP contribution in [0.5, 0.6) is 0 Å². The van der Waals surface area contributed by atoms with Crippen LogP contribution < -0.4 is 5.32 Å². The highest BCUT2D eigenvalue weighted by atomic mass is 16.5. The third-order valence-corrected chi connectivity index (χ3v) is 5.78. The van der Waals surface area contributed by atoms with Crippen LogP contribution in [0, 0.1) is 0 Å². The Morgan fingerprint density at radius 1 is 0.786 bits per heavy atom. The van der Waals surface area contributed by atoms with E-state index in [-0.39, 0.29) is 11.9 Å². The zero-order valence-electron chi connectivity index (χ0n) is 18.4. The van der Waals surface area contributed by atoms with Crippen molar-refractivity contribution in [2.45, 2.75) is 135 Å². The summed E-state index contributed by atoms with van der Waals surface area (Å²) in [5, 5.41) is 2.77. The fraction of sp³-hybridized carbons (Fsp3) is 0.917. The first-order valence-electron chi connectivity index (χ1n) is 12.2. The minimum atomic E-state index is -0.404. The Morgan fingerprint density at radius 3 is 1.61 bits per heavy atom. The van der Waals surface area contributed by atoms with Crippen LogP contribution in [-0.2, 0) is 14.3 Å². The first kappa shape index (κ1) is 25.0. The molecule has 1 aliphatic heterocycles.